The molecule has 2 aromatic heterocycles. The number of anilines is 1. The van der Waals surface area contributed by atoms with Gasteiger partial charge in [-0.25, -0.2) is 4.39 Å². The van der Waals surface area contributed by atoms with Crippen LogP contribution in [0.5, 0.6) is 0 Å². The highest BCUT2D eigenvalue weighted by Crippen LogP contribution is 2.08. The fourth-order valence-electron chi connectivity index (χ4n) is 2.87. The van der Waals surface area contributed by atoms with E-state index in [-0.39, 0.29) is 46.2 Å². The first-order valence-corrected chi connectivity index (χ1v) is 10.5. The molecule has 32 heavy (non-hydrogen) atoms. The van der Waals surface area contributed by atoms with E-state index in [0.29, 0.717) is 5.69 Å². The largest absolute Gasteiger partial charge is 0.326 e. The smallest absolute Gasteiger partial charge is 0.252 e. The van der Waals surface area contributed by atoms with Crippen LogP contribution in [0, 0.1) is 0 Å². The van der Waals surface area contributed by atoms with Crippen LogP contribution in [0.4, 0.5) is 10.1 Å². The number of halogens is 1. The van der Waals surface area contributed by atoms with Crippen molar-refractivity contribution in [2.24, 2.45) is 0 Å². The highest BCUT2D eigenvalue weighted by Gasteiger charge is 2.12. The van der Waals surface area contributed by atoms with Crippen molar-refractivity contribution in [3.63, 3.8) is 0 Å². The molecule has 1 amide bonds. The minimum atomic E-state index is -1.29. The van der Waals surface area contributed by atoms with Gasteiger partial charge >= 0.3 is 0 Å². The Balaban J connectivity index is 0.00000265. The molecule has 1 N–H and O–H groups in total. The van der Waals surface area contributed by atoms with Crippen molar-refractivity contribution in [2.75, 3.05) is 5.32 Å². The average Bonchev–Trinajstić information content (AvgIpc) is 3.26. The van der Waals surface area contributed by atoms with Crippen LogP contribution in [0.1, 0.15) is 46.1 Å². The highest BCUT2D eigenvalue weighted by atomic mass is 19.1. The molecule has 0 spiro atoms. The lowest BCUT2D eigenvalue weighted by Gasteiger charge is -2.12. The maximum atomic E-state index is 14.3. The van der Waals surface area contributed by atoms with Crippen molar-refractivity contribution in [3.8, 4) is 0 Å². The molecule has 8 nitrogen and oxygen atoms in total. The quantitative estimate of drug-likeness (QED) is 0.506. The van der Waals surface area contributed by atoms with E-state index in [1.807, 2.05) is 44.2 Å². The molecule has 1 atom stereocenters. The number of hydrogen-bond acceptors (Lipinski definition) is 5. The Morgan fingerprint density at radius 2 is 1.91 bits per heavy atom. The molecule has 0 saturated heterocycles. The normalized spacial score (nSPS) is 11.2. The fourth-order valence-corrected chi connectivity index (χ4v) is 2.87. The van der Waals surface area contributed by atoms with Gasteiger partial charge in [0.25, 0.3) is 5.56 Å². The summed E-state index contributed by atoms with van der Waals surface area (Å²) in [6, 6.07) is 12.1. The number of ketones is 1. The third kappa shape index (κ3) is 7.57. The van der Waals surface area contributed by atoms with Gasteiger partial charge in [0, 0.05) is 34.3 Å². The van der Waals surface area contributed by atoms with Gasteiger partial charge in [0.1, 0.15) is 11.9 Å². The van der Waals surface area contributed by atoms with Crippen LogP contribution in [0.2, 0.25) is 0 Å². The number of aromatic nitrogens is 4. The van der Waals surface area contributed by atoms with Gasteiger partial charge in [-0.3, -0.25) is 19.1 Å². The van der Waals surface area contributed by atoms with E-state index in [1.165, 1.54) is 34.6 Å². The molecule has 0 radical (unpaired) electrons. The minimum absolute atomic E-state index is 0. The molecule has 1 aromatic carbocycles. The Hall–Kier alpha value is -3.62. The second-order valence-electron chi connectivity index (χ2n) is 6.93. The third-order valence-electron chi connectivity index (χ3n) is 4.45. The molecule has 9 heteroatoms. The summed E-state index contributed by atoms with van der Waals surface area (Å²) in [5, 5.41) is 10.2. The van der Waals surface area contributed by atoms with Gasteiger partial charge in [-0.05, 0) is 18.1 Å². The molecule has 0 aliphatic rings. The van der Waals surface area contributed by atoms with Crippen LogP contribution in [0.15, 0.2) is 59.7 Å². The van der Waals surface area contributed by atoms with E-state index in [4.69, 9.17) is 0 Å². The van der Waals surface area contributed by atoms with E-state index >= 15 is 0 Å². The predicted molar refractivity (Wildman–Crippen MR) is 125 cm³/mol. The van der Waals surface area contributed by atoms with Crippen LogP contribution < -0.4 is 10.9 Å². The van der Waals surface area contributed by atoms with Gasteiger partial charge in [-0.1, -0.05) is 49.4 Å². The maximum absolute atomic E-state index is 14.3. The molecule has 1 unspecified atom stereocenters. The number of benzene rings is 1. The molecule has 3 aromatic rings. The molecule has 0 aliphatic heterocycles. The van der Waals surface area contributed by atoms with Gasteiger partial charge in [0.05, 0.1) is 19.2 Å². The summed E-state index contributed by atoms with van der Waals surface area (Å²) >= 11 is 0. The van der Waals surface area contributed by atoms with Gasteiger partial charge in [-0.2, -0.15) is 0 Å². The standard InChI is InChI=1S/C21H22FN5O3.C2H6.2H2/c1-15(28)19-14-27(25-24-19)10-7-17(22)13-26-9-8-18(12-21(26)30)23-20(29)11-16-5-3-2-4-6-16;1-2;;/h2-6,8-9,12,14,17H,7,10-11,13H2,1H3,(H,23,29);1-2H3;2*1H. The molecule has 2 heterocycles. The van der Waals surface area contributed by atoms with Crippen LogP contribution >= 0.6 is 0 Å². The first kappa shape index (κ1) is 24.6. The number of Topliss-reactive ketones (excluding diaryl/α,β-unsaturated/α-hetero) is 1. The molecular weight excluding hydrogens is 413 g/mol. The first-order valence-electron chi connectivity index (χ1n) is 10.5. The summed E-state index contributed by atoms with van der Waals surface area (Å²) in [5.74, 6) is -0.444. The molecule has 0 saturated carbocycles. The highest BCUT2D eigenvalue weighted by molar-refractivity contribution is 5.92. The topological polar surface area (TPSA) is 98.9 Å². The van der Waals surface area contributed by atoms with Gasteiger partial charge in [0.2, 0.25) is 5.91 Å². The van der Waals surface area contributed by atoms with Crippen molar-refractivity contribution in [1.82, 2.24) is 19.6 Å². The van der Waals surface area contributed by atoms with Crippen molar-refractivity contribution < 1.29 is 16.8 Å². The predicted octanol–water partition coefficient (Wildman–Crippen LogP) is 3.77. The monoisotopic (exact) mass is 445 g/mol. The van der Waals surface area contributed by atoms with Crippen molar-refractivity contribution in [2.45, 2.75) is 52.9 Å². The first-order chi connectivity index (χ1) is 15.4. The number of hydrogen-bond donors (Lipinski definition) is 1. The van der Waals surface area contributed by atoms with Gasteiger partial charge < -0.3 is 9.88 Å². The van der Waals surface area contributed by atoms with Crippen LogP contribution in [-0.4, -0.2) is 37.4 Å². The van der Waals surface area contributed by atoms with E-state index in [2.05, 4.69) is 15.6 Å². The summed E-state index contributed by atoms with van der Waals surface area (Å²) in [5.41, 5.74) is 1.06. The number of rotatable bonds is 9. The number of nitrogens with zero attached hydrogens (tertiary/aromatic N) is 4. The van der Waals surface area contributed by atoms with Crippen molar-refractivity contribution >= 4 is 17.4 Å². The molecule has 0 bridgehead atoms. The molecule has 174 valence electrons. The van der Waals surface area contributed by atoms with E-state index in [0.717, 1.165) is 5.56 Å². The van der Waals surface area contributed by atoms with E-state index in [1.54, 1.807) is 6.07 Å². The van der Waals surface area contributed by atoms with Crippen molar-refractivity contribution in [1.29, 1.82) is 0 Å². The maximum Gasteiger partial charge on any atom is 0.252 e. The third-order valence-corrected chi connectivity index (χ3v) is 4.45. The number of alkyl halides is 1. The van der Waals surface area contributed by atoms with Crippen LogP contribution in [0.25, 0.3) is 0 Å². The van der Waals surface area contributed by atoms with Crippen LogP contribution in [0.3, 0.4) is 0 Å². The molecule has 0 fully saturated rings. The Labute approximate surface area is 189 Å². The van der Waals surface area contributed by atoms with E-state index < -0.39 is 11.7 Å². The van der Waals surface area contributed by atoms with E-state index in [9.17, 15) is 18.8 Å². The zero-order valence-corrected chi connectivity index (χ0v) is 18.5. The molecule has 0 aliphatic carbocycles. The van der Waals surface area contributed by atoms with Gasteiger partial charge in [-0.15, -0.1) is 5.10 Å². The summed E-state index contributed by atoms with van der Waals surface area (Å²) in [4.78, 5) is 35.6. The van der Waals surface area contributed by atoms with Crippen LogP contribution in [-0.2, 0) is 24.3 Å². The Bertz CT molecular complexity index is 1090. The Kier molecular flexibility index (Phi) is 9.46. The fraction of sp³-hybridized carbons (Fsp3) is 0.348. The Morgan fingerprint density at radius 3 is 2.53 bits per heavy atom. The second kappa shape index (κ2) is 12.3. The van der Waals surface area contributed by atoms with Gasteiger partial charge in [0.15, 0.2) is 5.78 Å². The number of carbonyl (C=O) groups excluding carboxylic acids is 2. The number of nitrogens with one attached hydrogen (secondary N) is 1. The number of amides is 1. The molecule has 3 rings (SSSR count). The summed E-state index contributed by atoms with van der Waals surface area (Å²) in [6.07, 6.45) is 1.95. The summed E-state index contributed by atoms with van der Waals surface area (Å²) in [6.45, 7) is 5.50. The lowest BCUT2D eigenvalue weighted by molar-refractivity contribution is -0.115. The lowest BCUT2D eigenvalue weighted by atomic mass is 10.1. The average molecular weight is 446 g/mol. The summed E-state index contributed by atoms with van der Waals surface area (Å²) < 4.78 is 17.0. The SMILES string of the molecule is CC.CC(=O)c1cn(CCC(F)Cn2ccc(NC(=O)Cc3ccccc3)cc2=O)nn1.[HH].[HH]. The lowest BCUT2D eigenvalue weighted by Crippen LogP contribution is -2.25. The number of aryl methyl sites for hydroxylation is 1. The Morgan fingerprint density at radius 1 is 1.19 bits per heavy atom. The zero-order valence-electron chi connectivity index (χ0n) is 18.5. The second-order valence-corrected chi connectivity index (χ2v) is 6.93. The minimum Gasteiger partial charge on any atom is -0.326 e. The number of carbonyl (C=O) groups is 2. The summed E-state index contributed by atoms with van der Waals surface area (Å²) in [7, 11) is 0. The molecular formula is C23H32FN5O3. The zero-order chi connectivity index (χ0) is 23.5. The number of pyridine rings is 1. The van der Waals surface area contributed by atoms with Crippen molar-refractivity contribution in [3.05, 3.63) is 76.5 Å².